The smallest absolute Gasteiger partial charge is 0.348 e. The molecule has 1 aliphatic heterocycles. The molecular formula is C27H41ClO6S. The Bertz CT molecular complexity index is 790. The number of hydrogen-bond acceptors (Lipinski definition) is 7. The molecule has 0 aromatic carbocycles. The summed E-state index contributed by atoms with van der Waals surface area (Å²) >= 11 is 8.35. The number of thiophene rings is 1. The molecule has 1 saturated heterocycles. The number of alkyl halides is 1. The van der Waals surface area contributed by atoms with Crippen LogP contribution in [0.25, 0.3) is 0 Å². The Kier molecular flexibility index (Phi) is 12.0. The van der Waals surface area contributed by atoms with Crippen LogP contribution in [-0.4, -0.2) is 59.9 Å². The van der Waals surface area contributed by atoms with Crippen molar-refractivity contribution in [1.82, 2.24) is 0 Å². The number of aryl methyl sites for hydroxylation is 1. The van der Waals surface area contributed by atoms with E-state index >= 15 is 0 Å². The van der Waals surface area contributed by atoms with Gasteiger partial charge in [0.15, 0.2) is 6.29 Å². The summed E-state index contributed by atoms with van der Waals surface area (Å²) in [4.78, 5) is 13.5. The number of aliphatic hydroxyl groups is 2. The van der Waals surface area contributed by atoms with E-state index in [1.165, 1.54) is 23.3 Å². The fourth-order valence-corrected chi connectivity index (χ4v) is 6.52. The van der Waals surface area contributed by atoms with Crippen LogP contribution in [0.5, 0.6) is 0 Å². The Morgan fingerprint density at radius 3 is 2.83 bits per heavy atom. The van der Waals surface area contributed by atoms with E-state index in [2.05, 4.69) is 6.08 Å². The van der Waals surface area contributed by atoms with Gasteiger partial charge in [0, 0.05) is 22.8 Å². The fourth-order valence-electron chi connectivity index (χ4n) is 5.08. The van der Waals surface area contributed by atoms with Gasteiger partial charge in [-0.25, -0.2) is 4.79 Å². The minimum Gasteiger partial charge on any atom is -0.465 e. The molecule has 0 amide bonds. The van der Waals surface area contributed by atoms with Crippen molar-refractivity contribution in [2.24, 2.45) is 11.8 Å². The van der Waals surface area contributed by atoms with E-state index in [1.54, 1.807) is 6.92 Å². The van der Waals surface area contributed by atoms with Crippen LogP contribution < -0.4 is 0 Å². The summed E-state index contributed by atoms with van der Waals surface area (Å²) in [5.74, 6) is 0.0645. The number of carbonyl (C=O) groups is 1. The molecule has 2 N–H and O–H groups in total. The van der Waals surface area contributed by atoms with E-state index in [4.69, 9.17) is 25.8 Å². The maximum atomic E-state index is 11.7. The van der Waals surface area contributed by atoms with Crippen molar-refractivity contribution in [2.45, 2.75) is 101 Å². The summed E-state index contributed by atoms with van der Waals surface area (Å²) in [6.45, 7) is 2.51. The predicted molar refractivity (Wildman–Crippen MR) is 139 cm³/mol. The van der Waals surface area contributed by atoms with Gasteiger partial charge in [-0.3, -0.25) is 0 Å². The minimum absolute atomic E-state index is 0.000382. The zero-order valence-corrected chi connectivity index (χ0v) is 22.5. The number of methoxy groups -OCH3 is 1. The number of rotatable bonds is 13. The molecule has 198 valence electrons. The fraction of sp³-hybridized carbons (Fsp3) is 0.741. The highest BCUT2D eigenvalue weighted by atomic mass is 35.5. The van der Waals surface area contributed by atoms with Crippen LogP contribution in [0.1, 0.15) is 79.3 Å². The lowest BCUT2D eigenvalue weighted by Crippen LogP contribution is -2.30. The van der Waals surface area contributed by atoms with Crippen LogP contribution in [-0.2, 0) is 20.6 Å². The van der Waals surface area contributed by atoms with Crippen molar-refractivity contribution >= 4 is 28.9 Å². The third kappa shape index (κ3) is 9.13. The Balaban J connectivity index is 1.60. The molecule has 1 unspecified atom stereocenters. The van der Waals surface area contributed by atoms with E-state index in [-0.39, 0.29) is 41.7 Å². The largest absolute Gasteiger partial charge is 0.465 e. The molecule has 2 fully saturated rings. The Morgan fingerprint density at radius 2 is 2.11 bits per heavy atom. The van der Waals surface area contributed by atoms with E-state index in [0.717, 1.165) is 58.0 Å². The SMILES string of the molecule is COC(=O)c1ccc(CCC[C@@H]2[C@H](C=C[C@@H](O)CCC[C@@H](C)O)[C@H](OC3CCCCO3)C[C@@H]2Cl)s1. The van der Waals surface area contributed by atoms with Gasteiger partial charge in [0.25, 0.3) is 0 Å². The molecule has 1 saturated carbocycles. The van der Waals surface area contributed by atoms with Gasteiger partial charge in [-0.2, -0.15) is 0 Å². The topological polar surface area (TPSA) is 85.2 Å². The van der Waals surface area contributed by atoms with Gasteiger partial charge in [-0.05, 0) is 89.2 Å². The molecule has 1 aromatic rings. The van der Waals surface area contributed by atoms with Crippen molar-refractivity contribution < 1.29 is 29.2 Å². The lowest BCUT2D eigenvalue weighted by molar-refractivity contribution is -0.192. The molecule has 8 heteroatoms. The van der Waals surface area contributed by atoms with E-state index in [9.17, 15) is 15.0 Å². The number of carbonyl (C=O) groups excluding carboxylic acids is 1. The normalized spacial score (nSPS) is 28.9. The Labute approximate surface area is 218 Å². The van der Waals surface area contributed by atoms with Gasteiger partial charge in [0.1, 0.15) is 4.88 Å². The van der Waals surface area contributed by atoms with Crippen LogP contribution in [0.15, 0.2) is 24.3 Å². The summed E-state index contributed by atoms with van der Waals surface area (Å²) in [7, 11) is 1.40. The van der Waals surface area contributed by atoms with Gasteiger partial charge in [0.05, 0.1) is 25.4 Å². The lowest BCUT2D eigenvalue weighted by Gasteiger charge is -2.29. The van der Waals surface area contributed by atoms with Gasteiger partial charge in [0.2, 0.25) is 0 Å². The molecule has 35 heavy (non-hydrogen) atoms. The third-order valence-corrected chi connectivity index (χ3v) is 8.62. The van der Waals surface area contributed by atoms with Crippen LogP contribution >= 0.6 is 22.9 Å². The van der Waals surface area contributed by atoms with Crippen molar-refractivity contribution in [3.8, 4) is 0 Å². The molecule has 7 atom stereocenters. The monoisotopic (exact) mass is 528 g/mol. The van der Waals surface area contributed by atoms with Gasteiger partial charge in [-0.1, -0.05) is 12.2 Å². The average Bonchev–Trinajstić information content (AvgIpc) is 3.42. The number of esters is 1. The van der Waals surface area contributed by atoms with Crippen LogP contribution in [0.2, 0.25) is 0 Å². The summed E-state index contributed by atoms with van der Waals surface area (Å²) in [6, 6.07) is 3.82. The second-order valence-corrected chi connectivity index (χ2v) is 11.6. The zero-order chi connectivity index (χ0) is 25.2. The van der Waals surface area contributed by atoms with Crippen molar-refractivity contribution in [1.29, 1.82) is 0 Å². The first-order valence-corrected chi connectivity index (χ1v) is 14.2. The number of aliphatic hydroxyl groups excluding tert-OH is 2. The highest BCUT2D eigenvalue weighted by Crippen LogP contribution is 2.43. The molecule has 1 aliphatic carbocycles. The van der Waals surface area contributed by atoms with E-state index in [0.29, 0.717) is 17.7 Å². The van der Waals surface area contributed by atoms with Crippen molar-refractivity contribution in [3.05, 3.63) is 34.0 Å². The minimum atomic E-state index is -0.543. The highest BCUT2D eigenvalue weighted by molar-refractivity contribution is 7.13. The molecule has 0 spiro atoms. The van der Waals surface area contributed by atoms with Gasteiger partial charge in [-0.15, -0.1) is 22.9 Å². The molecule has 3 rings (SSSR count). The maximum absolute atomic E-state index is 11.7. The molecule has 0 radical (unpaired) electrons. The first kappa shape index (κ1) is 28.6. The first-order chi connectivity index (χ1) is 16.9. The maximum Gasteiger partial charge on any atom is 0.348 e. The second kappa shape index (κ2) is 14.7. The molecular weight excluding hydrogens is 488 g/mol. The predicted octanol–water partition coefficient (Wildman–Crippen LogP) is 5.48. The van der Waals surface area contributed by atoms with Crippen molar-refractivity contribution in [2.75, 3.05) is 13.7 Å². The average molecular weight is 529 g/mol. The van der Waals surface area contributed by atoms with Crippen molar-refractivity contribution in [3.63, 3.8) is 0 Å². The summed E-state index contributed by atoms with van der Waals surface area (Å²) in [5.41, 5.74) is 0. The quantitative estimate of drug-likeness (QED) is 0.200. The summed E-state index contributed by atoms with van der Waals surface area (Å²) in [5, 5.41) is 19.9. The van der Waals surface area contributed by atoms with Crippen LogP contribution in [0.3, 0.4) is 0 Å². The molecule has 1 aromatic heterocycles. The van der Waals surface area contributed by atoms with Gasteiger partial charge < -0.3 is 24.4 Å². The Hall–Kier alpha value is -0.960. The standard InChI is InChI=1S/C27H41ClO6S/c1-18(29)7-5-8-19(30)12-14-22-21(10-6-9-20-13-15-25(35-20)27(31)32-2)23(28)17-24(22)34-26-11-3-4-16-33-26/h12-15,18-19,21-24,26,29-30H,3-11,16-17H2,1-2H3/t18-,19+,21-,22+,23+,24-,26?/m1/s1. The van der Waals surface area contributed by atoms with Gasteiger partial charge >= 0.3 is 5.97 Å². The molecule has 6 nitrogen and oxygen atoms in total. The first-order valence-electron chi connectivity index (χ1n) is 13.0. The van der Waals surface area contributed by atoms with E-state index in [1.807, 2.05) is 18.2 Å². The lowest BCUT2D eigenvalue weighted by atomic mass is 9.88. The zero-order valence-electron chi connectivity index (χ0n) is 20.9. The molecule has 2 heterocycles. The Morgan fingerprint density at radius 1 is 1.29 bits per heavy atom. The third-order valence-electron chi connectivity index (χ3n) is 7.00. The number of hydrogen-bond donors (Lipinski definition) is 2. The van der Waals surface area contributed by atoms with E-state index < -0.39 is 6.10 Å². The van der Waals surface area contributed by atoms with Crippen LogP contribution in [0.4, 0.5) is 0 Å². The second-order valence-electron chi connectivity index (χ2n) is 9.85. The molecule has 2 aliphatic rings. The molecule has 0 bridgehead atoms. The number of ether oxygens (including phenoxy) is 3. The van der Waals surface area contributed by atoms with Crippen LogP contribution in [0, 0.1) is 11.8 Å². The summed E-state index contributed by atoms with van der Waals surface area (Å²) < 4.78 is 17.0. The highest BCUT2D eigenvalue weighted by Gasteiger charge is 2.42. The summed E-state index contributed by atoms with van der Waals surface area (Å²) in [6.07, 6.45) is 11.6. The number of halogens is 1.